The van der Waals surface area contributed by atoms with Crippen molar-refractivity contribution < 1.29 is 0 Å². The third-order valence-electron chi connectivity index (χ3n) is 0. The van der Waals surface area contributed by atoms with Crippen molar-refractivity contribution in [3.8, 4) is 0 Å². The summed E-state index contributed by atoms with van der Waals surface area (Å²) in [6, 6.07) is 0. The average molecular weight is 100 g/mol. The van der Waals surface area contributed by atoms with Crippen molar-refractivity contribution >= 4 is 88.7 Å². The normalized spacial score (nSPS) is 0.800. The third kappa shape index (κ3) is 20.2. The quantitative estimate of drug-likeness (QED) is 0.266. The van der Waals surface area contributed by atoms with Gasteiger partial charge in [-0.05, 0) is 0 Å². The van der Waals surface area contributed by atoms with Crippen LogP contribution in [0.1, 0.15) is 0 Å². The molecule has 0 radical (unpaired) electrons. The van der Waals surface area contributed by atoms with E-state index in [9.17, 15) is 0 Å². The third-order valence-corrected chi connectivity index (χ3v) is 0. The van der Waals surface area contributed by atoms with Crippen LogP contribution in [0, 0.1) is 0 Å². The topological polar surface area (TPSA) is 0 Å². The SMILES string of the molecule is C=C.[NaH].[NaH].[NaH]. The van der Waals surface area contributed by atoms with Gasteiger partial charge in [0.1, 0.15) is 0 Å². The van der Waals surface area contributed by atoms with Crippen LogP contribution in [0.4, 0.5) is 0 Å². The van der Waals surface area contributed by atoms with Crippen molar-refractivity contribution in [1.82, 2.24) is 0 Å². The van der Waals surface area contributed by atoms with Gasteiger partial charge in [0, 0.05) is 0 Å². The summed E-state index contributed by atoms with van der Waals surface area (Å²) in [5.41, 5.74) is 0. The van der Waals surface area contributed by atoms with Crippen LogP contribution in [0.5, 0.6) is 0 Å². The van der Waals surface area contributed by atoms with E-state index < -0.39 is 0 Å². The van der Waals surface area contributed by atoms with Crippen LogP contribution >= 0.6 is 0 Å². The molecule has 0 nitrogen and oxygen atoms in total. The number of rotatable bonds is 0. The summed E-state index contributed by atoms with van der Waals surface area (Å²) in [6.07, 6.45) is 0. The van der Waals surface area contributed by atoms with E-state index in [1.54, 1.807) is 0 Å². The molecule has 5 heavy (non-hydrogen) atoms. The van der Waals surface area contributed by atoms with Crippen LogP contribution in [0.25, 0.3) is 0 Å². The Bertz CT molecular complexity index is 4.85. The summed E-state index contributed by atoms with van der Waals surface area (Å²) < 4.78 is 0. The second kappa shape index (κ2) is 29.6. The zero-order valence-corrected chi connectivity index (χ0v) is 1.41. The van der Waals surface area contributed by atoms with Crippen LogP contribution in [0.15, 0.2) is 13.2 Å². The molecule has 0 spiro atoms. The summed E-state index contributed by atoms with van der Waals surface area (Å²) in [5, 5.41) is 0. The predicted molar refractivity (Wildman–Crippen MR) is 32.7 cm³/mol. The fourth-order valence-electron chi connectivity index (χ4n) is 0. The molecule has 0 unspecified atom stereocenters. The molecule has 0 aliphatic heterocycles. The maximum absolute atomic E-state index is 3.00. The first-order valence-corrected chi connectivity index (χ1v) is 0.500. The van der Waals surface area contributed by atoms with Crippen LogP contribution in [-0.4, -0.2) is 88.7 Å². The Hall–Kier alpha value is 2.74. The second-order valence-corrected chi connectivity index (χ2v) is 0. The molecular formula is C2H7Na3. The number of hydrogen-bond acceptors (Lipinski definition) is 0. The maximum atomic E-state index is 3.00. The van der Waals surface area contributed by atoms with Gasteiger partial charge in [-0.2, -0.15) is 0 Å². The monoisotopic (exact) mass is 100 g/mol. The molecule has 0 bridgehead atoms. The van der Waals surface area contributed by atoms with E-state index >= 15 is 0 Å². The Balaban J connectivity index is -0.00000000167. The fourth-order valence-corrected chi connectivity index (χ4v) is 0. The van der Waals surface area contributed by atoms with Gasteiger partial charge < -0.3 is 0 Å². The van der Waals surface area contributed by atoms with Crippen LogP contribution in [-0.2, 0) is 0 Å². The van der Waals surface area contributed by atoms with Crippen molar-refractivity contribution in [3.05, 3.63) is 13.2 Å². The molecule has 0 aromatic carbocycles. The van der Waals surface area contributed by atoms with E-state index in [1.165, 1.54) is 0 Å². The van der Waals surface area contributed by atoms with E-state index in [2.05, 4.69) is 13.2 Å². The molecular weight excluding hydrogens is 93.0 g/mol. The minimum absolute atomic E-state index is 0. The van der Waals surface area contributed by atoms with Crippen LogP contribution in [0.2, 0.25) is 0 Å². The molecule has 3 heteroatoms. The summed E-state index contributed by atoms with van der Waals surface area (Å²) in [7, 11) is 0. The molecule has 0 heterocycles. The van der Waals surface area contributed by atoms with E-state index in [1.807, 2.05) is 0 Å². The molecule has 0 aromatic rings. The van der Waals surface area contributed by atoms with Crippen molar-refractivity contribution in [2.24, 2.45) is 0 Å². The fraction of sp³-hybridized carbons (Fsp3) is 0. The van der Waals surface area contributed by atoms with Crippen molar-refractivity contribution in [1.29, 1.82) is 0 Å². The minimum atomic E-state index is 0. The molecule has 18 valence electrons. The Labute approximate surface area is 99.7 Å². The molecule has 0 fully saturated rings. The predicted octanol–water partition coefficient (Wildman–Crippen LogP) is -1.14. The van der Waals surface area contributed by atoms with Gasteiger partial charge in [-0.25, -0.2) is 0 Å². The van der Waals surface area contributed by atoms with Gasteiger partial charge in [0.15, 0.2) is 0 Å². The molecule has 0 N–H and O–H groups in total. The second-order valence-electron chi connectivity index (χ2n) is 0. The molecule has 0 aliphatic carbocycles. The van der Waals surface area contributed by atoms with Gasteiger partial charge >= 0.3 is 88.7 Å². The molecule has 0 saturated heterocycles. The van der Waals surface area contributed by atoms with Crippen LogP contribution in [0.3, 0.4) is 0 Å². The first-order chi connectivity index (χ1) is 1.00. The Morgan fingerprint density at radius 2 is 0.600 bits per heavy atom. The summed E-state index contributed by atoms with van der Waals surface area (Å²) in [6.45, 7) is 6.00. The van der Waals surface area contributed by atoms with E-state index in [0.717, 1.165) is 0 Å². The zero-order chi connectivity index (χ0) is 2.00. The van der Waals surface area contributed by atoms with Crippen molar-refractivity contribution in [2.75, 3.05) is 0 Å². The number of hydrogen-bond donors (Lipinski definition) is 0. The van der Waals surface area contributed by atoms with Gasteiger partial charge in [0.05, 0.1) is 0 Å². The Morgan fingerprint density at radius 3 is 0.600 bits per heavy atom. The molecule has 0 aliphatic rings. The Morgan fingerprint density at radius 1 is 0.600 bits per heavy atom. The molecule has 0 rings (SSSR count). The zero-order valence-electron chi connectivity index (χ0n) is 1.41. The summed E-state index contributed by atoms with van der Waals surface area (Å²) >= 11 is 0. The molecule has 0 amide bonds. The van der Waals surface area contributed by atoms with Crippen molar-refractivity contribution in [3.63, 3.8) is 0 Å². The summed E-state index contributed by atoms with van der Waals surface area (Å²) in [5.74, 6) is 0. The molecule has 0 saturated carbocycles. The van der Waals surface area contributed by atoms with E-state index in [-0.39, 0.29) is 88.7 Å². The molecule has 0 atom stereocenters. The van der Waals surface area contributed by atoms with Gasteiger partial charge in [-0.1, -0.05) is 0 Å². The van der Waals surface area contributed by atoms with E-state index in [0.29, 0.717) is 0 Å². The van der Waals surface area contributed by atoms with Gasteiger partial charge in [0.2, 0.25) is 0 Å². The van der Waals surface area contributed by atoms with Crippen LogP contribution < -0.4 is 0 Å². The van der Waals surface area contributed by atoms with E-state index in [4.69, 9.17) is 0 Å². The molecule has 0 aromatic heterocycles. The van der Waals surface area contributed by atoms with Gasteiger partial charge in [-0.3, -0.25) is 0 Å². The Kier molecular flexibility index (Phi) is 149. The first-order valence-electron chi connectivity index (χ1n) is 0.500. The standard InChI is InChI=1S/C2H4.3Na.3H/c1-2;;;;;;/h1-2H2;;;;;;. The van der Waals surface area contributed by atoms with Gasteiger partial charge in [-0.15, -0.1) is 13.2 Å². The van der Waals surface area contributed by atoms with Crippen molar-refractivity contribution in [2.45, 2.75) is 0 Å². The van der Waals surface area contributed by atoms with Gasteiger partial charge in [0.25, 0.3) is 0 Å². The summed E-state index contributed by atoms with van der Waals surface area (Å²) in [4.78, 5) is 0. The first kappa shape index (κ1) is 25.1. The average Bonchev–Trinajstić information content (AvgIpc) is 1.00.